The third kappa shape index (κ3) is 3.34. The standard InChI is InChI=1S/C16H11N5O2S3/c1-8-20-21-16(25-8)19-12(22)9-6-7-24-14(9)18-13(23)15-17-10-4-2-3-5-11(10)26-15/h2-7H,1H3,(H,18,23)(H,19,21,22). The van der Waals surface area contributed by atoms with Crippen molar-refractivity contribution in [2.45, 2.75) is 6.92 Å². The fourth-order valence-electron chi connectivity index (χ4n) is 2.22. The van der Waals surface area contributed by atoms with Crippen molar-refractivity contribution >= 4 is 66.2 Å². The normalized spacial score (nSPS) is 10.8. The van der Waals surface area contributed by atoms with E-state index in [1.165, 1.54) is 34.0 Å². The summed E-state index contributed by atoms with van der Waals surface area (Å²) in [6.45, 7) is 1.81. The van der Waals surface area contributed by atoms with Gasteiger partial charge in [0.05, 0.1) is 15.8 Å². The molecule has 2 amide bonds. The van der Waals surface area contributed by atoms with Gasteiger partial charge in [-0.2, -0.15) is 0 Å². The van der Waals surface area contributed by atoms with Gasteiger partial charge in [-0.25, -0.2) is 4.98 Å². The first-order valence-corrected chi connectivity index (χ1v) is 9.97. The van der Waals surface area contributed by atoms with Crippen LogP contribution < -0.4 is 10.6 Å². The Morgan fingerprint density at radius 1 is 1.00 bits per heavy atom. The lowest BCUT2D eigenvalue weighted by Gasteiger charge is -2.04. The lowest BCUT2D eigenvalue weighted by molar-refractivity contribution is 0.102. The zero-order chi connectivity index (χ0) is 18.1. The van der Waals surface area contributed by atoms with Gasteiger partial charge in [0, 0.05) is 0 Å². The maximum absolute atomic E-state index is 12.5. The smallest absolute Gasteiger partial charge is 0.285 e. The van der Waals surface area contributed by atoms with Gasteiger partial charge in [-0.15, -0.1) is 32.9 Å². The van der Waals surface area contributed by atoms with E-state index in [-0.39, 0.29) is 11.8 Å². The fraction of sp³-hybridized carbons (Fsp3) is 0.0625. The van der Waals surface area contributed by atoms with E-state index < -0.39 is 0 Å². The van der Waals surface area contributed by atoms with E-state index >= 15 is 0 Å². The summed E-state index contributed by atoms with van der Waals surface area (Å²) in [6.07, 6.45) is 0. The number of aromatic nitrogens is 3. The Morgan fingerprint density at radius 3 is 2.62 bits per heavy atom. The maximum Gasteiger partial charge on any atom is 0.285 e. The molecule has 26 heavy (non-hydrogen) atoms. The number of amides is 2. The van der Waals surface area contributed by atoms with Crippen LogP contribution in [0.2, 0.25) is 0 Å². The zero-order valence-electron chi connectivity index (χ0n) is 13.3. The molecule has 130 valence electrons. The second kappa shape index (κ2) is 6.90. The molecule has 0 saturated carbocycles. The van der Waals surface area contributed by atoms with Crippen LogP contribution in [0.25, 0.3) is 10.2 Å². The first-order valence-electron chi connectivity index (χ1n) is 7.46. The number of hydrogen-bond acceptors (Lipinski definition) is 8. The van der Waals surface area contributed by atoms with Crippen molar-refractivity contribution in [2.24, 2.45) is 0 Å². The number of nitrogens with one attached hydrogen (secondary N) is 2. The van der Waals surface area contributed by atoms with Crippen molar-refractivity contribution in [2.75, 3.05) is 10.6 Å². The van der Waals surface area contributed by atoms with Gasteiger partial charge in [0.15, 0.2) is 5.01 Å². The summed E-state index contributed by atoms with van der Waals surface area (Å²) in [6, 6.07) is 9.20. The molecule has 0 spiro atoms. The topological polar surface area (TPSA) is 96.9 Å². The van der Waals surface area contributed by atoms with Gasteiger partial charge in [-0.05, 0) is 30.5 Å². The Kier molecular flexibility index (Phi) is 4.45. The highest BCUT2D eigenvalue weighted by molar-refractivity contribution is 7.20. The molecule has 4 rings (SSSR count). The van der Waals surface area contributed by atoms with Gasteiger partial charge in [-0.3, -0.25) is 14.9 Å². The van der Waals surface area contributed by atoms with E-state index in [0.717, 1.165) is 15.2 Å². The van der Waals surface area contributed by atoms with E-state index in [4.69, 9.17) is 0 Å². The number of rotatable bonds is 4. The van der Waals surface area contributed by atoms with Crippen LogP contribution in [0.4, 0.5) is 10.1 Å². The lowest BCUT2D eigenvalue weighted by Crippen LogP contribution is -2.16. The Balaban J connectivity index is 1.52. The summed E-state index contributed by atoms with van der Waals surface area (Å²) >= 11 is 3.87. The molecule has 0 unspecified atom stereocenters. The minimum atomic E-state index is -0.345. The van der Waals surface area contributed by atoms with Crippen molar-refractivity contribution in [1.29, 1.82) is 0 Å². The van der Waals surface area contributed by atoms with Crippen molar-refractivity contribution < 1.29 is 9.59 Å². The number of hydrogen-bond donors (Lipinski definition) is 2. The molecular weight excluding hydrogens is 390 g/mol. The van der Waals surface area contributed by atoms with Crippen LogP contribution >= 0.6 is 34.0 Å². The lowest BCUT2D eigenvalue weighted by atomic mass is 10.3. The highest BCUT2D eigenvalue weighted by atomic mass is 32.1. The monoisotopic (exact) mass is 401 g/mol. The van der Waals surface area contributed by atoms with Gasteiger partial charge in [0.1, 0.15) is 10.0 Å². The number of anilines is 2. The number of fused-ring (bicyclic) bond motifs is 1. The van der Waals surface area contributed by atoms with Crippen molar-refractivity contribution in [3.05, 3.63) is 51.3 Å². The molecule has 7 nitrogen and oxygen atoms in total. The van der Waals surface area contributed by atoms with Crippen LogP contribution in [-0.2, 0) is 0 Å². The minimum absolute atomic E-state index is 0.338. The minimum Gasteiger partial charge on any atom is -0.311 e. The van der Waals surface area contributed by atoms with E-state index in [1.807, 2.05) is 31.2 Å². The molecule has 0 aliphatic carbocycles. The fourth-order valence-corrected chi connectivity index (χ4v) is 4.45. The van der Waals surface area contributed by atoms with E-state index in [9.17, 15) is 9.59 Å². The highest BCUT2D eigenvalue weighted by Crippen LogP contribution is 2.27. The van der Waals surface area contributed by atoms with Crippen LogP contribution in [0.5, 0.6) is 0 Å². The van der Waals surface area contributed by atoms with Gasteiger partial charge < -0.3 is 5.32 Å². The summed E-state index contributed by atoms with van der Waals surface area (Å²) in [5, 5.41) is 16.9. The van der Waals surface area contributed by atoms with Crippen LogP contribution in [0, 0.1) is 6.92 Å². The second-order valence-electron chi connectivity index (χ2n) is 5.18. The molecule has 2 N–H and O–H groups in total. The average Bonchev–Trinajstić information content (AvgIpc) is 3.34. The van der Waals surface area contributed by atoms with Crippen molar-refractivity contribution in [3.63, 3.8) is 0 Å². The molecule has 0 aliphatic heterocycles. The van der Waals surface area contributed by atoms with Crippen LogP contribution in [0.1, 0.15) is 25.2 Å². The largest absolute Gasteiger partial charge is 0.311 e. The number of nitrogens with zero attached hydrogens (tertiary/aromatic N) is 3. The summed E-state index contributed by atoms with van der Waals surface area (Å²) < 4.78 is 0.938. The van der Waals surface area contributed by atoms with Crippen molar-refractivity contribution in [1.82, 2.24) is 15.2 Å². The van der Waals surface area contributed by atoms with Crippen LogP contribution in [0.15, 0.2) is 35.7 Å². The first kappa shape index (κ1) is 16.8. The number of para-hydroxylation sites is 1. The van der Waals surface area contributed by atoms with Crippen LogP contribution in [0.3, 0.4) is 0 Å². The number of carbonyl (C=O) groups excluding carboxylic acids is 2. The number of thiophene rings is 1. The van der Waals surface area contributed by atoms with E-state index in [1.54, 1.807) is 11.4 Å². The van der Waals surface area contributed by atoms with E-state index in [0.29, 0.717) is 20.7 Å². The van der Waals surface area contributed by atoms with Gasteiger partial charge in [-0.1, -0.05) is 23.5 Å². The third-order valence-electron chi connectivity index (χ3n) is 3.37. The number of aryl methyl sites for hydroxylation is 1. The SMILES string of the molecule is Cc1nnc(NC(=O)c2ccsc2NC(=O)c2nc3ccccc3s2)s1. The molecule has 0 aliphatic rings. The number of benzene rings is 1. The quantitative estimate of drug-likeness (QED) is 0.538. The molecule has 0 atom stereocenters. The predicted molar refractivity (Wildman–Crippen MR) is 104 cm³/mol. The molecule has 1 aromatic carbocycles. The molecule has 0 fully saturated rings. The van der Waals surface area contributed by atoms with Gasteiger partial charge in [0.2, 0.25) is 5.13 Å². The molecular formula is C16H11N5O2S3. The Labute approximate surface area is 159 Å². The molecule has 0 radical (unpaired) electrons. The molecule has 0 bridgehead atoms. The molecule has 10 heteroatoms. The Morgan fingerprint density at radius 2 is 1.85 bits per heavy atom. The zero-order valence-corrected chi connectivity index (χ0v) is 15.8. The van der Waals surface area contributed by atoms with Gasteiger partial charge in [0.25, 0.3) is 11.8 Å². The van der Waals surface area contributed by atoms with Crippen molar-refractivity contribution in [3.8, 4) is 0 Å². The first-order chi connectivity index (χ1) is 12.6. The summed E-state index contributed by atoms with van der Waals surface area (Å²) in [5.74, 6) is -0.684. The summed E-state index contributed by atoms with van der Waals surface area (Å²) in [7, 11) is 0. The van der Waals surface area contributed by atoms with Gasteiger partial charge >= 0.3 is 0 Å². The number of carbonyl (C=O) groups is 2. The number of thiazole rings is 1. The molecule has 3 aromatic heterocycles. The summed E-state index contributed by atoms with van der Waals surface area (Å²) in [4.78, 5) is 29.3. The molecule has 3 heterocycles. The second-order valence-corrected chi connectivity index (χ2v) is 8.31. The molecule has 0 saturated heterocycles. The predicted octanol–water partition coefficient (Wildman–Crippen LogP) is 4.02. The molecule has 4 aromatic rings. The average molecular weight is 401 g/mol. The van der Waals surface area contributed by atoms with Crippen LogP contribution in [-0.4, -0.2) is 27.0 Å². The highest BCUT2D eigenvalue weighted by Gasteiger charge is 2.19. The maximum atomic E-state index is 12.5. The Hall–Kier alpha value is -2.69. The summed E-state index contributed by atoms with van der Waals surface area (Å²) in [5.41, 5.74) is 1.15. The van der Waals surface area contributed by atoms with E-state index in [2.05, 4.69) is 25.8 Å². The third-order valence-corrected chi connectivity index (χ3v) is 5.99. The Bertz CT molecular complexity index is 1080.